The summed E-state index contributed by atoms with van der Waals surface area (Å²) in [5.41, 5.74) is 2.39. The number of piperazine rings is 1. The molecule has 0 unspecified atom stereocenters. The fourth-order valence-corrected chi connectivity index (χ4v) is 3.13. The second kappa shape index (κ2) is 4.31. The second-order valence-corrected chi connectivity index (χ2v) is 5.27. The van der Waals surface area contributed by atoms with Gasteiger partial charge in [-0.15, -0.1) is 0 Å². The lowest BCUT2D eigenvalue weighted by molar-refractivity contribution is 0.580. The molecule has 2 aliphatic rings. The van der Waals surface area contributed by atoms with E-state index in [1.165, 1.54) is 12.1 Å². The maximum atomic E-state index is 4.28. The zero-order chi connectivity index (χ0) is 12.7. The fourth-order valence-electron chi connectivity index (χ4n) is 3.13. The van der Waals surface area contributed by atoms with Gasteiger partial charge in [0.05, 0.1) is 0 Å². The lowest BCUT2D eigenvalue weighted by Crippen LogP contribution is -2.43. The highest BCUT2D eigenvalue weighted by molar-refractivity contribution is 5.61. The molecule has 0 amide bonds. The molecule has 2 bridgehead atoms. The van der Waals surface area contributed by atoms with Crippen LogP contribution in [0, 0.1) is 0 Å². The van der Waals surface area contributed by atoms with Crippen LogP contribution in [-0.4, -0.2) is 35.1 Å². The molecule has 1 aromatic heterocycles. The van der Waals surface area contributed by atoms with E-state index in [1.54, 1.807) is 12.4 Å². The molecule has 96 valence electrons. The van der Waals surface area contributed by atoms with Crippen molar-refractivity contribution in [2.45, 2.75) is 18.5 Å². The van der Waals surface area contributed by atoms with Gasteiger partial charge in [0.15, 0.2) is 5.82 Å². The maximum absolute atomic E-state index is 4.28. The Labute approximate surface area is 112 Å². The number of fused-ring (bicyclic) bond motifs is 2. The minimum Gasteiger partial charge on any atom is -0.366 e. The van der Waals surface area contributed by atoms with Gasteiger partial charge in [-0.2, -0.15) is 0 Å². The minimum atomic E-state index is 0.670. The van der Waals surface area contributed by atoms with Gasteiger partial charge in [0.1, 0.15) is 0 Å². The molecule has 3 heterocycles. The summed E-state index contributed by atoms with van der Waals surface area (Å²) in [6.07, 6.45) is 4.84. The van der Waals surface area contributed by atoms with Gasteiger partial charge in [-0.25, -0.2) is 9.97 Å². The van der Waals surface area contributed by atoms with Crippen molar-refractivity contribution in [2.75, 3.05) is 18.0 Å². The van der Waals surface area contributed by atoms with Gasteiger partial charge >= 0.3 is 0 Å². The number of hydrogen-bond donors (Lipinski definition) is 1. The molecule has 1 aromatic carbocycles. The Hall–Kier alpha value is -1.94. The van der Waals surface area contributed by atoms with E-state index in [2.05, 4.69) is 44.5 Å². The summed E-state index contributed by atoms with van der Waals surface area (Å²) in [5.74, 6) is 0.790. The minimum absolute atomic E-state index is 0.670. The molecule has 2 aliphatic heterocycles. The molecule has 0 spiro atoms. The summed E-state index contributed by atoms with van der Waals surface area (Å²) in [6.45, 7) is 2.25. The van der Waals surface area contributed by atoms with Crippen molar-refractivity contribution in [1.82, 2.24) is 15.3 Å². The summed E-state index contributed by atoms with van der Waals surface area (Å²) in [7, 11) is 0. The highest BCUT2D eigenvalue weighted by Crippen LogP contribution is 2.30. The predicted molar refractivity (Wildman–Crippen MR) is 75.0 cm³/mol. The Kier molecular flexibility index (Phi) is 2.48. The number of rotatable bonds is 2. The monoisotopic (exact) mass is 252 g/mol. The Morgan fingerprint density at radius 3 is 2.53 bits per heavy atom. The summed E-state index contributed by atoms with van der Waals surface area (Å²) in [6, 6.07) is 11.8. The van der Waals surface area contributed by atoms with E-state index in [1.807, 2.05) is 6.07 Å². The number of nitrogens with one attached hydrogen (secondary N) is 1. The molecular weight excluding hydrogens is 236 g/mol. The third-order valence-electron chi connectivity index (χ3n) is 4.08. The molecule has 19 heavy (non-hydrogen) atoms. The normalized spacial score (nSPS) is 24.9. The molecule has 0 aliphatic carbocycles. The summed E-state index contributed by atoms with van der Waals surface area (Å²) >= 11 is 0. The molecule has 2 atom stereocenters. The number of nitrogens with zero attached hydrogens (tertiary/aromatic N) is 3. The molecule has 1 N–H and O–H groups in total. The van der Waals surface area contributed by atoms with Gasteiger partial charge in [0, 0.05) is 48.8 Å². The van der Waals surface area contributed by atoms with E-state index in [0.717, 1.165) is 24.5 Å². The first kappa shape index (κ1) is 10.9. The average Bonchev–Trinajstić information content (AvgIpc) is 3.11. The van der Waals surface area contributed by atoms with Crippen molar-refractivity contribution < 1.29 is 0 Å². The van der Waals surface area contributed by atoms with Crippen LogP contribution in [0.2, 0.25) is 0 Å². The lowest BCUT2D eigenvalue weighted by atomic mass is 10.1. The molecular formula is C15H16N4. The van der Waals surface area contributed by atoms with Gasteiger partial charge in [-0.3, -0.25) is 0 Å². The van der Waals surface area contributed by atoms with E-state index in [4.69, 9.17) is 0 Å². The molecule has 2 aromatic rings. The van der Waals surface area contributed by atoms with Crippen LogP contribution in [0.5, 0.6) is 0 Å². The number of benzene rings is 1. The zero-order valence-electron chi connectivity index (χ0n) is 10.7. The topological polar surface area (TPSA) is 41.1 Å². The van der Waals surface area contributed by atoms with E-state index < -0.39 is 0 Å². The fraction of sp³-hybridized carbons (Fsp3) is 0.333. The smallest absolute Gasteiger partial charge is 0.159 e. The third-order valence-corrected chi connectivity index (χ3v) is 4.08. The Balaban J connectivity index is 1.60. The molecule has 4 rings (SSSR count). The van der Waals surface area contributed by atoms with Crippen molar-refractivity contribution in [1.29, 1.82) is 0 Å². The van der Waals surface area contributed by atoms with E-state index in [9.17, 15) is 0 Å². The van der Waals surface area contributed by atoms with Crippen LogP contribution in [0.3, 0.4) is 0 Å². The molecule has 2 fully saturated rings. The first-order valence-corrected chi connectivity index (χ1v) is 6.77. The molecule has 4 nitrogen and oxygen atoms in total. The van der Waals surface area contributed by atoms with Crippen molar-refractivity contribution in [3.63, 3.8) is 0 Å². The average molecular weight is 252 g/mol. The SMILES string of the molecule is c1cnc(-c2ccc(N3C[C@@H]4C[C@H]3CN4)cc2)nc1. The van der Waals surface area contributed by atoms with Crippen LogP contribution in [-0.2, 0) is 0 Å². The zero-order valence-corrected chi connectivity index (χ0v) is 10.7. The van der Waals surface area contributed by atoms with Crippen molar-refractivity contribution in [3.8, 4) is 11.4 Å². The summed E-state index contributed by atoms with van der Waals surface area (Å²) in [5, 5.41) is 3.53. The van der Waals surface area contributed by atoms with Crippen molar-refractivity contribution >= 4 is 5.69 Å². The van der Waals surface area contributed by atoms with Gasteiger partial charge in [0.2, 0.25) is 0 Å². The van der Waals surface area contributed by atoms with Crippen LogP contribution in [0.4, 0.5) is 5.69 Å². The third kappa shape index (κ3) is 1.88. The van der Waals surface area contributed by atoms with Gasteiger partial charge in [-0.1, -0.05) is 0 Å². The summed E-state index contributed by atoms with van der Waals surface area (Å²) < 4.78 is 0. The standard InChI is InChI=1S/C15H16N4/c1-6-16-15(17-7-1)11-2-4-13(5-3-11)19-10-12-8-14(19)9-18-12/h1-7,12,14,18H,8-10H2/t12-,14-/m0/s1. The highest BCUT2D eigenvalue weighted by Gasteiger charge is 2.37. The highest BCUT2D eigenvalue weighted by atomic mass is 15.3. The van der Waals surface area contributed by atoms with Gasteiger partial charge < -0.3 is 10.2 Å². The molecule has 0 radical (unpaired) electrons. The van der Waals surface area contributed by atoms with Crippen LogP contribution >= 0.6 is 0 Å². The van der Waals surface area contributed by atoms with E-state index in [0.29, 0.717) is 12.1 Å². The van der Waals surface area contributed by atoms with Gasteiger partial charge in [-0.05, 0) is 36.8 Å². The van der Waals surface area contributed by atoms with Crippen LogP contribution in [0.1, 0.15) is 6.42 Å². The van der Waals surface area contributed by atoms with Crippen LogP contribution in [0.25, 0.3) is 11.4 Å². The van der Waals surface area contributed by atoms with Crippen LogP contribution < -0.4 is 10.2 Å². The van der Waals surface area contributed by atoms with Gasteiger partial charge in [0.25, 0.3) is 0 Å². The number of aromatic nitrogens is 2. The first-order chi connectivity index (χ1) is 9.40. The maximum Gasteiger partial charge on any atom is 0.159 e. The quantitative estimate of drug-likeness (QED) is 0.883. The Bertz CT molecular complexity index is 566. The first-order valence-electron chi connectivity index (χ1n) is 6.77. The molecule has 0 saturated carbocycles. The number of anilines is 1. The van der Waals surface area contributed by atoms with Crippen LogP contribution in [0.15, 0.2) is 42.7 Å². The number of hydrogen-bond acceptors (Lipinski definition) is 4. The molecule has 2 saturated heterocycles. The predicted octanol–water partition coefficient (Wildman–Crippen LogP) is 1.69. The van der Waals surface area contributed by atoms with Crippen molar-refractivity contribution in [3.05, 3.63) is 42.7 Å². The lowest BCUT2D eigenvalue weighted by Gasteiger charge is -2.29. The Morgan fingerprint density at radius 1 is 1.11 bits per heavy atom. The van der Waals surface area contributed by atoms with Crippen molar-refractivity contribution in [2.24, 2.45) is 0 Å². The van der Waals surface area contributed by atoms with E-state index in [-0.39, 0.29) is 0 Å². The summed E-state index contributed by atoms with van der Waals surface area (Å²) in [4.78, 5) is 11.1. The largest absolute Gasteiger partial charge is 0.366 e. The second-order valence-electron chi connectivity index (χ2n) is 5.27. The molecule has 4 heteroatoms. The Morgan fingerprint density at radius 2 is 1.89 bits per heavy atom. The van der Waals surface area contributed by atoms with E-state index >= 15 is 0 Å².